The van der Waals surface area contributed by atoms with E-state index in [0.717, 1.165) is 39.9 Å². The van der Waals surface area contributed by atoms with E-state index < -0.39 is 0 Å². The number of ether oxygens (including phenoxy) is 2. The van der Waals surface area contributed by atoms with Crippen LogP contribution < -0.4 is 4.74 Å². The molecule has 0 N–H and O–H groups in total. The van der Waals surface area contributed by atoms with E-state index in [9.17, 15) is 0 Å². The fraction of sp³-hybridized carbons (Fsp3) is 0.440. The smallest absolute Gasteiger partial charge is 0.127 e. The van der Waals surface area contributed by atoms with Crippen molar-refractivity contribution in [2.45, 2.75) is 46.6 Å². The monoisotopic (exact) mass is 405 g/mol. The van der Waals surface area contributed by atoms with Gasteiger partial charge in [-0.1, -0.05) is 13.8 Å². The standard InChI is InChI=1S/C25H31N3O2/c1-14(2)22-8-18-12-27-21-9-20(24-15(3)11-26-17(24)5)23(30-7)10-19(21)25(18)28(22)16(4)13-29-6/h8-10,12,14,16H,11,13H2,1-7H3/t16-/m1/s1. The number of pyridine rings is 1. The molecule has 30 heavy (non-hydrogen) atoms. The van der Waals surface area contributed by atoms with E-state index in [-0.39, 0.29) is 6.04 Å². The second-order valence-corrected chi connectivity index (χ2v) is 8.59. The van der Waals surface area contributed by atoms with Crippen molar-refractivity contribution in [3.8, 4) is 5.75 Å². The Bertz CT molecular complexity index is 1180. The van der Waals surface area contributed by atoms with E-state index in [2.05, 4.69) is 62.4 Å². The normalized spacial score (nSPS) is 15.5. The van der Waals surface area contributed by atoms with Crippen LogP contribution in [-0.2, 0) is 4.74 Å². The number of aliphatic imine (C=N–C) groups is 1. The van der Waals surface area contributed by atoms with Crippen molar-refractivity contribution in [2.75, 3.05) is 27.4 Å². The van der Waals surface area contributed by atoms with Gasteiger partial charge in [0.05, 0.1) is 37.3 Å². The van der Waals surface area contributed by atoms with Crippen LogP contribution in [0.4, 0.5) is 0 Å². The van der Waals surface area contributed by atoms with Crippen molar-refractivity contribution >= 4 is 33.1 Å². The first-order valence-corrected chi connectivity index (χ1v) is 10.6. The summed E-state index contributed by atoms with van der Waals surface area (Å²) in [6, 6.07) is 6.78. The highest BCUT2D eigenvalue weighted by molar-refractivity contribution is 6.26. The van der Waals surface area contributed by atoms with Crippen molar-refractivity contribution in [2.24, 2.45) is 4.99 Å². The van der Waals surface area contributed by atoms with Crippen molar-refractivity contribution in [1.29, 1.82) is 0 Å². The number of aromatic nitrogens is 2. The van der Waals surface area contributed by atoms with Crippen molar-refractivity contribution in [3.05, 3.63) is 41.2 Å². The number of nitrogens with zero attached hydrogens (tertiary/aromatic N) is 3. The minimum Gasteiger partial charge on any atom is -0.496 e. The first-order valence-electron chi connectivity index (χ1n) is 10.6. The number of hydrogen-bond acceptors (Lipinski definition) is 4. The number of benzene rings is 1. The molecule has 0 saturated carbocycles. The van der Waals surface area contributed by atoms with Crippen LogP contribution in [0, 0.1) is 0 Å². The van der Waals surface area contributed by atoms with E-state index in [0.29, 0.717) is 12.5 Å². The summed E-state index contributed by atoms with van der Waals surface area (Å²) in [6.45, 7) is 12.3. The highest BCUT2D eigenvalue weighted by Crippen LogP contribution is 2.39. The highest BCUT2D eigenvalue weighted by atomic mass is 16.5. The molecule has 0 unspecified atom stereocenters. The summed E-state index contributed by atoms with van der Waals surface area (Å²) < 4.78 is 13.8. The molecule has 5 nitrogen and oxygen atoms in total. The maximum atomic E-state index is 5.86. The Balaban J connectivity index is 2.05. The molecule has 1 aromatic carbocycles. The van der Waals surface area contributed by atoms with Gasteiger partial charge in [0, 0.05) is 46.6 Å². The molecule has 2 aromatic heterocycles. The number of hydrogen-bond donors (Lipinski definition) is 0. The summed E-state index contributed by atoms with van der Waals surface area (Å²) in [5.41, 5.74) is 8.04. The van der Waals surface area contributed by atoms with E-state index >= 15 is 0 Å². The van der Waals surface area contributed by atoms with Crippen LogP contribution >= 0.6 is 0 Å². The lowest BCUT2D eigenvalue weighted by Crippen LogP contribution is -2.14. The van der Waals surface area contributed by atoms with Crippen LogP contribution in [0.5, 0.6) is 5.75 Å². The topological polar surface area (TPSA) is 48.6 Å². The third-order valence-electron chi connectivity index (χ3n) is 6.06. The predicted octanol–water partition coefficient (Wildman–Crippen LogP) is 5.78. The Hall–Kier alpha value is -2.66. The summed E-state index contributed by atoms with van der Waals surface area (Å²) in [5.74, 6) is 1.26. The molecular formula is C25H31N3O2. The molecule has 0 amide bonds. The fourth-order valence-electron chi connectivity index (χ4n) is 4.68. The molecule has 5 heteroatoms. The second-order valence-electron chi connectivity index (χ2n) is 8.59. The van der Waals surface area contributed by atoms with Crippen LogP contribution in [0.15, 0.2) is 35.0 Å². The first-order chi connectivity index (χ1) is 14.4. The van der Waals surface area contributed by atoms with E-state index in [1.807, 2.05) is 6.20 Å². The summed E-state index contributed by atoms with van der Waals surface area (Å²) in [7, 11) is 3.50. The van der Waals surface area contributed by atoms with Gasteiger partial charge in [0.15, 0.2) is 0 Å². The fourth-order valence-corrected chi connectivity index (χ4v) is 4.68. The van der Waals surface area contributed by atoms with Crippen molar-refractivity contribution in [3.63, 3.8) is 0 Å². The molecule has 0 spiro atoms. The zero-order valence-electron chi connectivity index (χ0n) is 19.0. The molecule has 4 rings (SSSR count). The Labute approximate surface area is 178 Å². The Morgan fingerprint density at radius 2 is 1.87 bits per heavy atom. The maximum Gasteiger partial charge on any atom is 0.127 e. The Morgan fingerprint density at radius 1 is 1.10 bits per heavy atom. The largest absolute Gasteiger partial charge is 0.496 e. The summed E-state index contributed by atoms with van der Waals surface area (Å²) in [5, 5.41) is 2.26. The summed E-state index contributed by atoms with van der Waals surface area (Å²) in [6.07, 6.45) is 1.99. The van der Waals surface area contributed by atoms with Gasteiger partial charge in [0.1, 0.15) is 5.75 Å². The predicted molar refractivity (Wildman–Crippen MR) is 125 cm³/mol. The molecule has 0 fully saturated rings. The van der Waals surface area contributed by atoms with Gasteiger partial charge in [0.2, 0.25) is 0 Å². The minimum absolute atomic E-state index is 0.218. The molecule has 3 heterocycles. The average Bonchev–Trinajstić information content (AvgIpc) is 3.27. The van der Waals surface area contributed by atoms with Gasteiger partial charge >= 0.3 is 0 Å². The molecule has 0 bridgehead atoms. The molecule has 0 radical (unpaired) electrons. The van der Waals surface area contributed by atoms with Gasteiger partial charge in [-0.3, -0.25) is 9.98 Å². The third-order valence-corrected chi connectivity index (χ3v) is 6.06. The van der Waals surface area contributed by atoms with Crippen LogP contribution in [-0.4, -0.2) is 42.6 Å². The lowest BCUT2D eigenvalue weighted by Gasteiger charge is -2.21. The number of methoxy groups -OCH3 is 2. The third kappa shape index (κ3) is 3.21. The van der Waals surface area contributed by atoms with E-state index in [4.69, 9.17) is 14.5 Å². The van der Waals surface area contributed by atoms with Crippen LogP contribution in [0.25, 0.3) is 27.4 Å². The lowest BCUT2D eigenvalue weighted by atomic mass is 9.96. The summed E-state index contributed by atoms with van der Waals surface area (Å²) in [4.78, 5) is 9.43. The van der Waals surface area contributed by atoms with Gasteiger partial charge in [0.25, 0.3) is 0 Å². The second kappa shape index (κ2) is 7.88. The van der Waals surface area contributed by atoms with Gasteiger partial charge in [-0.25, -0.2) is 0 Å². The van der Waals surface area contributed by atoms with Crippen LogP contribution in [0.3, 0.4) is 0 Å². The average molecular weight is 406 g/mol. The molecule has 0 aliphatic carbocycles. The Morgan fingerprint density at radius 3 is 2.47 bits per heavy atom. The van der Waals surface area contributed by atoms with Gasteiger partial charge in [-0.05, 0) is 50.5 Å². The first kappa shape index (κ1) is 20.6. The molecular weight excluding hydrogens is 374 g/mol. The number of fused-ring (bicyclic) bond motifs is 3. The quantitative estimate of drug-likeness (QED) is 0.522. The minimum atomic E-state index is 0.218. The molecule has 1 atom stereocenters. The SMILES string of the molecule is COC[C@@H](C)n1c(C(C)C)cc2cnc3cc(C4=C(C)CN=C4C)c(OC)cc3c21. The summed E-state index contributed by atoms with van der Waals surface area (Å²) >= 11 is 0. The molecule has 1 aliphatic heterocycles. The zero-order chi connectivity index (χ0) is 21.6. The molecule has 158 valence electrons. The van der Waals surface area contributed by atoms with E-state index in [1.165, 1.54) is 22.4 Å². The van der Waals surface area contributed by atoms with E-state index in [1.54, 1.807) is 14.2 Å². The molecule has 1 aliphatic rings. The van der Waals surface area contributed by atoms with Gasteiger partial charge in [-0.15, -0.1) is 0 Å². The molecule has 3 aromatic rings. The lowest BCUT2D eigenvalue weighted by molar-refractivity contribution is 0.162. The van der Waals surface area contributed by atoms with Crippen LogP contribution in [0.1, 0.15) is 57.8 Å². The van der Waals surface area contributed by atoms with Crippen LogP contribution in [0.2, 0.25) is 0 Å². The Kier molecular flexibility index (Phi) is 5.41. The van der Waals surface area contributed by atoms with Crippen molar-refractivity contribution in [1.82, 2.24) is 9.55 Å². The number of allylic oxidation sites excluding steroid dienone is 1. The molecule has 0 saturated heterocycles. The van der Waals surface area contributed by atoms with Crippen molar-refractivity contribution < 1.29 is 9.47 Å². The maximum absolute atomic E-state index is 5.86. The van der Waals surface area contributed by atoms with Gasteiger partial charge in [-0.2, -0.15) is 0 Å². The number of rotatable bonds is 6. The highest BCUT2D eigenvalue weighted by Gasteiger charge is 2.23. The zero-order valence-corrected chi connectivity index (χ0v) is 19.0. The van der Waals surface area contributed by atoms with Gasteiger partial charge < -0.3 is 14.0 Å².